The minimum absolute atomic E-state index is 0.177. The van der Waals surface area contributed by atoms with E-state index in [9.17, 15) is 0 Å². The van der Waals surface area contributed by atoms with Gasteiger partial charge in [0.05, 0.1) is 6.54 Å². The van der Waals surface area contributed by atoms with Crippen molar-refractivity contribution in [1.82, 2.24) is 29.8 Å². The third kappa shape index (κ3) is 2.38. The van der Waals surface area contributed by atoms with Gasteiger partial charge in [0.2, 0.25) is 0 Å². The Hall–Kier alpha value is -3.00. The topological polar surface area (TPSA) is 109 Å². The molecule has 0 radical (unpaired) electrons. The van der Waals surface area contributed by atoms with Gasteiger partial charge in [-0.2, -0.15) is 0 Å². The molecule has 23 heavy (non-hydrogen) atoms. The average Bonchev–Trinajstić information content (AvgIpc) is 3.13. The molecule has 0 aliphatic carbocycles. The summed E-state index contributed by atoms with van der Waals surface area (Å²) < 4.78 is 6.57. The van der Waals surface area contributed by atoms with Gasteiger partial charge >= 0.3 is 0 Å². The fourth-order valence-electron chi connectivity index (χ4n) is 2.32. The van der Waals surface area contributed by atoms with Crippen LogP contribution in [0.3, 0.4) is 0 Å². The van der Waals surface area contributed by atoms with Crippen molar-refractivity contribution >= 4 is 28.6 Å². The number of rotatable bonds is 3. The second-order valence-corrected chi connectivity index (χ2v) is 5.24. The van der Waals surface area contributed by atoms with Crippen LogP contribution in [0.1, 0.15) is 5.56 Å². The first-order valence-corrected chi connectivity index (χ1v) is 7.10. The van der Waals surface area contributed by atoms with Crippen LogP contribution >= 0.6 is 11.6 Å². The average molecular weight is 328 g/mol. The standard InChI is InChI=1S/C14H10ClN7O/c15-10-4-3-8(6-18-10)7-22-13-9(2-1-5-17-13)19-14(22)11-12(16)21-23-20-11/h1-6H,7H2,(H2,16,21). The molecule has 4 aromatic heterocycles. The van der Waals surface area contributed by atoms with E-state index < -0.39 is 0 Å². The Balaban J connectivity index is 1.89. The van der Waals surface area contributed by atoms with Crippen LogP contribution in [-0.2, 0) is 6.54 Å². The largest absolute Gasteiger partial charge is 0.379 e. The first-order valence-electron chi connectivity index (χ1n) is 6.72. The molecule has 9 heteroatoms. The second-order valence-electron chi connectivity index (χ2n) is 4.85. The van der Waals surface area contributed by atoms with Gasteiger partial charge in [-0.25, -0.2) is 19.6 Å². The second kappa shape index (κ2) is 5.33. The molecule has 0 unspecified atom stereocenters. The molecule has 4 heterocycles. The Morgan fingerprint density at radius 2 is 2.09 bits per heavy atom. The van der Waals surface area contributed by atoms with Gasteiger partial charge in [-0.05, 0) is 34.1 Å². The Morgan fingerprint density at radius 3 is 2.83 bits per heavy atom. The van der Waals surface area contributed by atoms with Gasteiger partial charge in [-0.3, -0.25) is 0 Å². The van der Waals surface area contributed by atoms with E-state index in [1.807, 2.05) is 22.8 Å². The van der Waals surface area contributed by atoms with Crippen LogP contribution in [0.5, 0.6) is 0 Å². The lowest BCUT2D eigenvalue weighted by atomic mass is 10.3. The number of nitrogen functional groups attached to an aromatic ring is 1. The molecule has 0 amide bonds. The molecule has 0 saturated heterocycles. The molecule has 0 atom stereocenters. The summed E-state index contributed by atoms with van der Waals surface area (Å²) in [5, 5.41) is 7.89. The van der Waals surface area contributed by atoms with Crippen molar-refractivity contribution in [3.05, 3.63) is 47.4 Å². The zero-order valence-corrected chi connectivity index (χ0v) is 12.5. The highest BCUT2D eigenvalue weighted by molar-refractivity contribution is 6.29. The van der Waals surface area contributed by atoms with Gasteiger partial charge in [0.15, 0.2) is 23.0 Å². The number of hydrogen-bond acceptors (Lipinski definition) is 7. The zero-order valence-electron chi connectivity index (χ0n) is 11.7. The molecule has 114 valence electrons. The summed E-state index contributed by atoms with van der Waals surface area (Å²) in [7, 11) is 0. The smallest absolute Gasteiger partial charge is 0.199 e. The van der Waals surface area contributed by atoms with Crippen molar-refractivity contribution in [3.63, 3.8) is 0 Å². The molecule has 0 aromatic carbocycles. The highest BCUT2D eigenvalue weighted by Crippen LogP contribution is 2.26. The van der Waals surface area contributed by atoms with E-state index in [1.54, 1.807) is 18.5 Å². The number of nitrogens with zero attached hydrogens (tertiary/aromatic N) is 6. The van der Waals surface area contributed by atoms with Crippen LogP contribution in [0.2, 0.25) is 5.15 Å². The molecule has 4 aromatic rings. The fourth-order valence-corrected chi connectivity index (χ4v) is 2.43. The number of imidazole rings is 1. The SMILES string of the molecule is Nc1nonc1-c1nc2cccnc2n1Cc1ccc(Cl)nc1. The number of nitrogens with two attached hydrogens (primary N) is 1. The monoisotopic (exact) mass is 327 g/mol. The van der Waals surface area contributed by atoms with Gasteiger partial charge in [-0.15, -0.1) is 0 Å². The molecule has 0 saturated carbocycles. The number of halogens is 1. The van der Waals surface area contributed by atoms with E-state index in [0.717, 1.165) is 11.1 Å². The lowest BCUT2D eigenvalue weighted by Gasteiger charge is -2.07. The Morgan fingerprint density at radius 1 is 1.17 bits per heavy atom. The molecule has 4 rings (SSSR count). The summed E-state index contributed by atoms with van der Waals surface area (Å²) in [5.41, 5.74) is 8.56. The molecule has 0 spiro atoms. The van der Waals surface area contributed by atoms with E-state index in [2.05, 4.69) is 29.9 Å². The zero-order chi connectivity index (χ0) is 15.8. The summed E-state index contributed by atoms with van der Waals surface area (Å²) in [4.78, 5) is 13.0. The number of fused-ring (bicyclic) bond motifs is 1. The van der Waals surface area contributed by atoms with E-state index in [1.165, 1.54) is 0 Å². The Kier molecular flexibility index (Phi) is 3.16. The molecular weight excluding hydrogens is 318 g/mol. The van der Waals surface area contributed by atoms with Crippen molar-refractivity contribution in [2.24, 2.45) is 0 Å². The maximum absolute atomic E-state index is 5.83. The first-order chi connectivity index (χ1) is 11.2. The Bertz CT molecular complexity index is 976. The first kappa shape index (κ1) is 13.6. The predicted molar refractivity (Wildman–Crippen MR) is 83.6 cm³/mol. The van der Waals surface area contributed by atoms with Gasteiger partial charge in [-0.1, -0.05) is 17.7 Å². The minimum Gasteiger partial charge on any atom is -0.379 e. The fraction of sp³-hybridized carbons (Fsp3) is 0.0714. The van der Waals surface area contributed by atoms with Crippen LogP contribution in [0, 0.1) is 0 Å². The van der Waals surface area contributed by atoms with Crippen molar-refractivity contribution in [2.75, 3.05) is 5.73 Å². The summed E-state index contributed by atoms with van der Waals surface area (Å²) in [6.07, 6.45) is 3.40. The summed E-state index contributed by atoms with van der Waals surface area (Å²) in [5.74, 6) is 0.711. The summed E-state index contributed by atoms with van der Waals surface area (Å²) in [6.45, 7) is 0.485. The van der Waals surface area contributed by atoms with E-state index >= 15 is 0 Å². The lowest BCUT2D eigenvalue weighted by Crippen LogP contribution is -2.04. The van der Waals surface area contributed by atoms with E-state index in [4.69, 9.17) is 17.3 Å². The molecule has 0 fully saturated rings. The molecule has 0 aliphatic rings. The van der Waals surface area contributed by atoms with Crippen LogP contribution in [-0.4, -0.2) is 29.8 Å². The molecular formula is C14H10ClN7O. The van der Waals surface area contributed by atoms with Gasteiger partial charge in [0.25, 0.3) is 0 Å². The number of aromatic nitrogens is 6. The van der Waals surface area contributed by atoms with Crippen molar-refractivity contribution < 1.29 is 4.63 Å². The van der Waals surface area contributed by atoms with Crippen molar-refractivity contribution in [2.45, 2.75) is 6.54 Å². The van der Waals surface area contributed by atoms with Gasteiger partial charge in [0, 0.05) is 12.4 Å². The van der Waals surface area contributed by atoms with Gasteiger partial charge < -0.3 is 10.3 Å². The summed E-state index contributed by atoms with van der Waals surface area (Å²) >= 11 is 5.83. The molecule has 8 nitrogen and oxygen atoms in total. The van der Waals surface area contributed by atoms with Crippen molar-refractivity contribution in [1.29, 1.82) is 0 Å². The predicted octanol–water partition coefficient (Wildman–Crippen LogP) is 2.16. The normalized spacial score (nSPS) is 11.2. The van der Waals surface area contributed by atoms with E-state index in [0.29, 0.717) is 28.9 Å². The number of anilines is 1. The molecule has 2 N–H and O–H groups in total. The van der Waals surface area contributed by atoms with Crippen LogP contribution in [0.15, 0.2) is 41.3 Å². The third-order valence-corrected chi connectivity index (χ3v) is 3.58. The van der Waals surface area contributed by atoms with E-state index in [-0.39, 0.29) is 5.82 Å². The summed E-state index contributed by atoms with van der Waals surface area (Å²) in [6, 6.07) is 7.30. The highest BCUT2D eigenvalue weighted by atomic mass is 35.5. The number of hydrogen-bond donors (Lipinski definition) is 1. The van der Waals surface area contributed by atoms with Crippen LogP contribution in [0.25, 0.3) is 22.7 Å². The van der Waals surface area contributed by atoms with Crippen molar-refractivity contribution in [3.8, 4) is 11.5 Å². The third-order valence-electron chi connectivity index (χ3n) is 3.36. The number of pyridine rings is 2. The maximum atomic E-state index is 5.83. The minimum atomic E-state index is 0.177. The highest BCUT2D eigenvalue weighted by Gasteiger charge is 2.19. The van der Waals surface area contributed by atoms with Crippen LogP contribution < -0.4 is 5.73 Å². The Labute approximate surface area is 134 Å². The van der Waals surface area contributed by atoms with Gasteiger partial charge in [0.1, 0.15) is 10.7 Å². The maximum Gasteiger partial charge on any atom is 0.199 e. The molecule has 0 aliphatic heterocycles. The lowest BCUT2D eigenvalue weighted by molar-refractivity contribution is 0.310. The molecule has 0 bridgehead atoms. The quantitative estimate of drug-likeness (QED) is 0.574. The van der Waals surface area contributed by atoms with Crippen LogP contribution in [0.4, 0.5) is 5.82 Å².